The van der Waals surface area contributed by atoms with Gasteiger partial charge < -0.3 is 15.8 Å². The van der Waals surface area contributed by atoms with E-state index in [1.165, 1.54) is 0 Å². The van der Waals surface area contributed by atoms with Gasteiger partial charge in [-0.05, 0) is 31.6 Å². The topological polar surface area (TPSA) is 90.9 Å². The molecule has 3 N–H and O–H groups in total. The summed E-state index contributed by atoms with van der Waals surface area (Å²) in [6, 6.07) is 4.00. The van der Waals surface area contributed by atoms with Gasteiger partial charge in [0.05, 0.1) is 6.61 Å². The number of anilines is 2. The predicted octanol–water partition coefficient (Wildman–Crippen LogP) is 1.85. The molecule has 0 aromatic carbocycles. The highest BCUT2D eigenvalue weighted by Crippen LogP contribution is 2.24. The van der Waals surface area contributed by atoms with Crippen LogP contribution in [0.25, 0.3) is 0 Å². The number of nitrogens with zero attached hydrogens (tertiary/aromatic N) is 4. The first kappa shape index (κ1) is 14.8. The molecule has 1 aliphatic rings. The Morgan fingerprint density at radius 2 is 2.14 bits per heavy atom. The van der Waals surface area contributed by atoms with Crippen LogP contribution in [-0.2, 0) is 7.05 Å². The summed E-state index contributed by atoms with van der Waals surface area (Å²) in [7, 11) is 1.86. The van der Waals surface area contributed by atoms with Crippen LogP contribution in [0.3, 0.4) is 0 Å². The number of nitrogens with two attached hydrogens (primary N) is 1. The van der Waals surface area contributed by atoms with Crippen LogP contribution in [0.4, 0.5) is 11.8 Å². The van der Waals surface area contributed by atoms with Crippen molar-refractivity contribution in [2.45, 2.75) is 31.7 Å². The first-order valence-corrected chi connectivity index (χ1v) is 7.67. The molecule has 0 spiro atoms. The summed E-state index contributed by atoms with van der Waals surface area (Å²) in [6.45, 7) is 0.687. The molecule has 1 saturated carbocycles. The van der Waals surface area contributed by atoms with E-state index in [-0.39, 0.29) is 0 Å². The highest BCUT2D eigenvalue weighted by atomic mass is 16.5. The van der Waals surface area contributed by atoms with Crippen molar-refractivity contribution in [3.63, 3.8) is 0 Å². The van der Waals surface area contributed by atoms with Crippen LogP contribution in [0.2, 0.25) is 0 Å². The molecule has 1 fully saturated rings. The molecule has 3 rings (SSSR count). The van der Waals surface area contributed by atoms with Crippen LogP contribution < -0.4 is 15.8 Å². The number of hydrogen-bond donors (Lipinski definition) is 2. The Morgan fingerprint density at radius 1 is 1.32 bits per heavy atom. The van der Waals surface area contributed by atoms with Crippen LogP contribution in [0.5, 0.6) is 5.88 Å². The van der Waals surface area contributed by atoms with E-state index in [1.807, 2.05) is 19.3 Å². The van der Waals surface area contributed by atoms with Gasteiger partial charge in [-0.1, -0.05) is 0 Å². The standard InChI is InChI=1S/C15H22N6O/c1-21-9-7-13(20-21)18-15-17-8-6-14(19-15)22-10-11-2-4-12(16)5-3-11/h6-9,11-12H,2-5,10,16H2,1H3,(H,17,18,19,20). The molecule has 22 heavy (non-hydrogen) atoms. The van der Waals surface area contributed by atoms with E-state index in [0.717, 1.165) is 25.7 Å². The molecule has 2 aromatic heterocycles. The van der Waals surface area contributed by atoms with Crippen molar-refractivity contribution in [3.05, 3.63) is 24.5 Å². The highest BCUT2D eigenvalue weighted by molar-refractivity contribution is 5.46. The van der Waals surface area contributed by atoms with E-state index in [2.05, 4.69) is 20.4 Å². The van der Waals surface area contributed by atoms with E-state index < -0.39 is 0 Å². The van der Waals surface area contributed by atoms with Gasteiger partial charge in [0, 0.05) is 37.6 Å². The quantitative estimate of drug-likeness (QED) is 0.876. The number of aryl methyl sites for hydroxylation is 1. The Kier molecular flexibility index (Phi) is 4.53. The van der Waals surface area contributed by atoms with Crippen molar-refractivity contribution in [3.8, 4) is 5.88 Å². The van der Waals surface area contributed by atoms with Crippen molar-refractivity contribution in [1.29, 1.82) is 0 Å². The second kappa shape index (κ2) is 6.74. The summed E-state index contributed by atoms with van der Waals surface area (Å²) in [4.78, 5) is 8.54. The average Bonchev–Trinajstić information content (AvgIpc) is 2.92. The molecule has 0 aliphatic heterocycles. The minimum atomic E-state index is 0.365. The van der Waals surface area contributed by atoms with Gasteiger partial charge in [-0.15, -0.1) is 0 Å². The van der Waals surface area contributed by atoms with Crippen LogP contribution in [-0.4, -0.2) is 32.4 Å². The molecular weight excluding hydrogens is 280 g/mol. The zero-order chi connectivity index (χ0) is 15.4. The molecule has 7 nitrogen and oxygen atoms in total. The monoisotopic (exact) mass is 302 g/mol. The molecule has 0 bridgehead atoms. The lowest BCUT2D eigenvalue weighted by Gasteiger charge is -2.25. The van der Waals surface area contributed by atoms with Crippen molar-refractivity contribution >= 4 is 11.8 Å². The third-order valence-electron chi connectivity index (χ3n) is 3.94. The van der Waals surface area contributed by atoms with Gasteiger partial charge in [0.1, 0.15) is 0 Å². The van der Waals surface area contributed by atoms with Crippen molar-refractivity contribution < 1.29 is 4.74 Å². The number of aromatic nitrogens is 4. The van der Waals surface area contributed by atoms with Gasteiger partial charge in [0.15, 0.2) is 5.82 Å². The minimum Gasteiger partial charge on any atom is -0.477 e. The maximum Gasteiger partial charge on any atom is 0.231 e. The zero-order valence-corrected chi connectivity index (χ0v) is 12.8. The van der Waals surface area contributed by atoms with E-state index in [0.29, 0.717) is 36.2 Å². The van der Waals surface area contributed by atoms with Crippen molar-refractivity contribution in [1.82, 2.24) is 19.7 Å². The van der Waals surface area contributed by atoms with Gasteiger partial charge in [-0.3, -0.25) is 4.68 Å². The Bertz CT molecular complexity index is 606. The van der Waals surface area contributed by atoms with E-state index in [1.54, 1.807) is 16.9 Å². The zero-order valence-electron chi connectivity index (χ0n) is 12.8. The number of rotatable bonds is 5. The molecule has 2 heterocycles. The van der Waals surface area contributed by atoms with Crippen LogP contribution in [0.15, 0.2) is 24.5 Å². The number of nitrogens with one attached hydrogen (secondary N) is 1. The maximum absolute atomic E-state index is 5.92. The first-order chi connectivity index (χ1) is 10.7. The van der Waals surface area contributed by atoms with Gasteiger partial charge >= 0.3 is 0 Å². The van der Waals surface area contributed by atoms with Gasteiger partial charge in [-0.2, -0.15) is 10.1 Å². The lowest BCUT2D eigenvalue weighted by atomic mass is 9.87. The Morgan fingerprint density at radius 3 is 2.86 bits per heavy atom. The van der Waals surface area contributed by atoms with Gasteiger partial charge in [-0.25, -0.2) is 4.98 Å². The summed E-state index contributed by atoms with van der Waals surface area (Å²) in [5.41, 5.74) is 5.92. The molecule has 0 unspecified atom stereocenters. The fourth-order valence-electron chi connectivity index (χ4n) is 2.64. The van der Waals surface area contributed by atoms with Crippen LogP contribution >= 0.6 is 0 Å². The summed E-state index contributed by atoms with van der Waals surface area (Å²) >= 11 is 0. The largest absolute Gasteiger partial charge is 0.477 e. The predicted molar refractivity (Wildman–Crippen MR) is 84.0 cm³/mol. The SMILES string of the molecule is Cn1ccc(Nc2nccc(OCC3CCC(N)CC3)n2)n1. The van der Waals surface area contributed by atoms with Crippen LogP contribution in [0.1, 0.15) is 25.7 Å². The van der Waals surface area contributed by atoms with Crippen LogP contribution in [0, 0.1) is 5.92 Å². The normalized spacial score (nSPS) is 21.5. The second-order valence-electron chi connectivity index (χ2n) is 5.81. The smallest absolute Gasteiger partial charge is 0.231 e. The fraction of sp³-hybridized carbons (Fsp3) is 0.533. The minimum absolute atomic E-state index is 0.365. The molecule has 0 radical (unpaired) electrons. The van der Waals surface area contributed by atoms with E-state index >= 15 is 0 Å². The molecule has 7 heteroatoms. The van der Waals surface area contributed by atoms with Gasteiger partial charge in [0.2, 0.25) is 11.8 Å². The number of ether oxygens (including phenoxy) is 1. The molecule has 0 amide bonds. The van der Waals surface area contributed by atoms with Crippen molar-refractivity contribution in [2.24, 2.45) is 18.7 Å². The molecule has 118 valence electrons. The fourth-order valence-corrected chi connectivity index (χ4v) is 2.64. The molecule has 0 saturated heterocycles. The Balaban J connectivity index is 1.54. The summed E-state index contributed by atoms with van der Waals surface area (Å²) < 4.78 is 7.53. The lowest BCUT2D eigenvalue weighted by Crippen LogP contribution is -2.28. The molecule has 2 aromatic rings. The second-order valence-corrected chi connectivity index (χ2v) is 5.81. The Labute approximate surface area is 129 Å². The Hall–Kier alpha value is -2.15. The maximum atomic E-state index is 5.92. The molecule has 0 atom stereocenters. The average molecular weight is 302 g/mol. The summed E-state index contributed by atoms with van der Waals surface area (Å²) in [5.74, 6) is 2.35. The number of hydrogen-bond acceptors (Lipinski definition) is 6. The first-order valence-electron chi connectivity index (χ1n) is 7.67. The highest BCUT2D eigenvalue weighted by Gasteiger charge is 2.19. The third kappa shape index (κ3) is 3.94. The van der Waals surface area contributed by atoms with Gasteiger partial charge in [0.25, 0.3) is 0 Å². The third-order valence-corrected chi connectivity index (χ3v) is 3.94. The molecule has 1 aliphatic carbocycles. The van der Waals surface area contributed by atoms with E-state index in [9.17, 15) is 0 Å². The van der Waals surface area contributed by atoms with E-state index in [4.69, 9.17) is 10.5 Å². The summed E-state index contributed by atoms with van der Waals surface area (Å²) in [5, 5.41) is 7.29. The summed E-state index contributed by atoms with van der Waals surface area (Å²) in [6.07, 6.45) is 7.98. The van der Waals surface area contributed by atoms with Crippen molar-refractivity contribution in [2.75, 3.05) is 11.9 Å². The molecular formula is C15H22N6O. The lowest BCUT2D eigenvalue weighted by molar-refractivity contribution is 0.195.